The molecule has 0 aromatic carbocycles. The first-order chi connectivity index (χ1) is 3.72. The lowest BCUT2D eigenvalue weighted by atomic mass is 10.8. The normalized spacial score (nSPS) is 9.75. The molecule has 44 valence electrons. The van der Waals surface area contributed by atoms with Crippen molar-refractivity contribution in [1.29, 1.82) is 0 Å². The van der Waals surface area contributed by atoms with Gasteiger partial charge in [-0.05, 0) is 0 Å². The SMILES string of the molecule is Cn1cnc(N)c1S. The molecule has 0 amide bonds. The standard InChI is InChI=1S/C4H7N3S/c1-7-2-6-3(5)4(7)8/h2,8H,5H2,1H3. The molecule has 0 spiro atoms. The van der Waals surface area contributed by atoms with E-state index in [-0.39, 0.29) is 0 Å². The van der Waals surface area contributed by atoms with E-state index < -0.39 is 0 Å². The van der Waals surface area contributed by atoms with Gasteiger partial charge in [0.05, 0.1) is 6.33 Å². The van der Waals surface area contributed by atoms with Crippen LogP contribution in [-0.4, -0.2) is 9.55 Å². The number of rotatable bonds is 0. The molecule has 1 rings (SSSR count). The van der Waals surface area contributed by atoms with E-state index in [4.69, 9.17) is 5.73 Å². The second kappa shape index (κ2) is 1.70. The fourth-order valence-electron chi connectivity index (χ4n) is 0.442. The Balaban J connectivity index is 3.19. The van der Waals surface area contributed by atoms with E-state index in [0.29, 0.717) is 10.8 Å². The van der Waals surface area contributed by atoms with E-state index in [1.807, 2.05) is 7.05 Å². The van der Waals surface area contributed by atoms with Gasteiger partial charge in [0.15, 0.2) is 5.82 Å². The van der Waals surface area contributed by atoms with Crippen molar-refractivity contribution in [1.82, 2.24) is 9.55 Å². The van der Waals surface area contributed by atoms with E-state index >= 15 is 0 Å². The second-order valence-electron chi connectivity index (χ2n) is 1.56. The highest BCUT2D eigenvalue weighted by atomic mass is 32.1. The predicted molar refractivity (Wildman–Crippen MR) is 34.9 cm³/mol. The number of anilines is 1. The predicted octanol–water partition coefficient (Wildman–Crippen LogP) is 0.291. The van der Waals surface area contributed by atoms with Crippen molar-refractivity contribution in [2.24, 2.45) is 7.05 Å². The lowest BCUT2D eigenvalue weighted by Crippen LogP contribution is -1.87. The summed E-state index contributed by atoms with van der Waals surface area (Å²) in [6.07, 6.45) is 1.62. The van der Waals surface area contributed by atoms with Crippen LogP contribution in [0.15, 0.2) is 11.4 Å². The van der Waals surface area contributed by atoms with Gasteiger partial charge < -0.3 is 10.3 Å². The summed E-state index contributed by atoms with van der Waals surface area (Å²) in [5.41, 5.74) is 5.33. The monoisotopic (exact) mass is 129 g/mol. The number of imidazole rings is 1. The maximum Gasteiger partial charge on any atom is 0.155 e. The lowest BCUT2D eigenvalue weighted by molar-refractivity contribution is 0.829. The van der Waals surface area contributed by atoms with Gasteiger partial charge in [-0.3, -0.25) is 0 Å². The number of hydrogen-bond acceptors (Lipinski definition) is 3. The molecule has 8 heavy (non-hydrogen) atoms. The first-order valence-electron chi connectivity index (χ1n) is 2.17. The van der Waals surface area contributed by atoms with Crippen molar-refractivity contribution in [3.63, 3.8) is 0 Å². The van der Waals surface area contributed by atoms with E-state index in [0.717, 1.165) is 0 Å². The summed E-state index contributed by atoms with van der Waals surface area (Å²) >= 11 is 4.04. The van der Waals surface area contributed by atoms with Crippen LogP contribution in [0.4, 0.5) is 5.82 Å². The Labute approximate surface area is 52.9 Å². The fraction of sp³-hybridized carbons (Fsp3) is 0.250. The number of nitrogen functional groups attached to an aromatic ring is 1. The molecule has 0 bridgehead atoms. The third-order valence-corrected chi connectivity index (χ3v) is 1.48. The maximum atomic E-state index is 5.33. The average Bonchev–Trinajstić information content (AvgIpc) is 1.98. The highest BCUT2D eigenvalue weighted by Gasteiger charge is 1.96. The minimum atomic E-state index is 0.482. The highest BCUT2D eigenvalue weighted by Crippen LogP contribution is 2.10. The summed E-state index contributed by atoms with van der Waals surface area (Å²) in [6, 6.07) is 0. The molecule has 3 nitrogen and oxygen atoms in total. The summed E-state index contributed by atoms with van der Waals surface area (Å²) in [4.78, 5) is 3.78. The van der Waals surface area contributed by atoms with Gasteiger partial charge in [0.1, 0.15) is 5.03 Å². The smallest absolute Gasteiger partial charge is 0.155 e. The van der Waals surface area contributed by atoms with E-state index in [1.165, 1.54) is 0 Å². The maximum absolute atomic E-state index is 5.33. The summed E-state index contributed by atoms with van der Waals surface area (Å²) in [6.45, 7) is 0. The number of nitrogens with two attached hydrogens (primary N) is 1. The van der Waals surface area contributed by atoms with Crippen LogP contribution in [0.25, 0.3) is 0 Å². The minimum absolute atomic E-state index is 0.482. The van der Waals surface area contributed by atoms with Crippen molar-refractivity contribution in [3.8, 4) is 0 Å². The van der Waals surface area contributed by atoms with E-state index in [9.17, 15) is 0 Å². The van der Waals surface area contributed by atoms with Gasteiger partial charge in [0, 0.05) is 7.05 Å². The minimum Gasteiger partial charge on any atom is -0.381 e. The Kier molecular flexibility index (Phi) is 1.17. The first kappa shape index (κ1) is 5.50. The molecule has 0 atom stereocenters. The number of aromatic nitrogens is 2. The van der Waals surface area contributed by atoms with Crippen LogP contribution in [0.3, 0.4) is 0 Å². The Hall–Kier alpha value is -0.640. The molecule has 0 saturated heterocycles. The van der Waals surface area contributed by atoms with Crippen molar-refractivity contribution in [3.05, 3.63) is 6.33 Å². The van der Waals surface area contributed by atoms with Crippen molar-refractivity contribution in [2.75, 3.05) is 5.73 Å². The van der Waals surface area contributed by atoms with Crippen LogP contribution in [0.1, 0.15) is 0 Å². The molecule has 0 aliphatic rings. The topological polar surface area (TPSA) is 43.8 Å². The van der Waals surface area contributed by atoms with Gasteiger partial charge in [-0.15, -0.1) is 12.6 Å². The Morgan fingerprint density at radius 1 is 1.88 bits per heavy atom. The van der Waals surface area contributed by atoms with Crippen LogP contribution in [0.2, 0.25) is 0 Å². The molecular formula is C4H7N3S. The highest BCUT2D eigenvalue weighted by molar-refractivity contribution is 7.80. The quantitative estimate of drug-likeness (QED) is 0.494. The first-order valence-corrected chi connectivity index (χ1v) is 2.62. The third-order valence-electron chi connectivity index (χ3n) is 0.933. The number of nitrogens with zero attached hydrogens (tertiary/aromatic N) is 2. The molecule has 0 aliphatic carbocycles. The lowest BCUT2D eigenvalue weighted by Gasteiger charge is -1.89. The van der Waals surface area contributed by atoms with Crippen LogP contribution in [-0.2, 0) is 7.05 Å². The molecule has 1 aromatic heterocycles. The number of thiol groups is 1. The van der Waals surface area contributed by atoms with Gasteiger partial charge in [0.2, 0.25) is 0 Å². The second-order valence-corrected chi connectivity index (χ2v) is 1.99. The average molecular weight is 129 g/mol. The van der Waals surface area contributed by atoms with Gasteiger partial charge in [0.25, 0.3) is 0 Å². The molecule has 0 fully saturated rings. The van der Waals surface area contributed by atoms with Gasteiger partial charge in [-0.1, -0.05) is 0 Å². The third kappa shape index (κ3) is 0.667. The van der Waals surface area contributed by atoms with Gasteiger partial charge in [-0.25, -0.2) is 4.98 Å². The molecule has 1 aromatic rings. The fourth-order valence-corrected chi connectivity index (χ4v) is 0.551. The zero-order chi connectivity index (χ0) is 6.15. The van der Waals surface area contributed by atoms with Crippen molar-refractivity contribution >= 4 is 18.4 Å². The van der Waals surface area contributed by atoms with Crippen LogP contribution in [0, 0.1) is 0 Å². The summed E-state index contributed by atoms with van der Waals surface area (Å²) < 4.78 is 1.75. The van der Waals surface area contributed by atoms with E-state index in [1.54, 1.807) is 10.9 Å². The Morgan fingerprint density at radius 3 is 2.62 bits per heavy atom. The van der Waals surface area contributed by atoms with Gasteiger partial charge in [-0.2, -0.15) is 0 Å². The molecule has 0 radical (unpaired) electrons. The number of hydrogen-bond donors (Lipinski definition) is 2. The molecule has 0 saturated carbocycles. The largest absolute Gasteiger partial charge is 0.381 e. The summed E-state index contributed by atoms with van der Waals surface area (Å²) in [7, 11) is 1.84. The molecule has 2 N–H and O–H groups in total. The molecular weight excluding hydrogens is 122 g/mol. The summed E-state index contributed by atoms with van der Waals surface area (Å²) in [5, 5.41) is 0.713. The molecule has 1 heterocycles. The van der Waals surface area contributed by atoms with Crippen molar-refractivity contribution < 1.29 is 0 Å². The van der Waals surface area contributed by atoms with Crippen molar-refractivity contribution in [2.45, 2.75) is 5.03 Å². The zero-order valence-corrected chi connectivity index (χ0v) is 5.39. The molecule has 4 heteroatoms. The van der Waals surface area contributed by atoms with Crippen LogP contribution >= 0.6 is 12.6 Å². The summed E-state index contributed by atoms with van der Waals surface area (Å²) in [5.74, 6) is 0.482. The van der Waals surface area contributed by atoms with E-state index in [2.05, 4.69) is 17.6 Å². The Morgan fingerprint density at radius 2 is 2.50 bits per heavy atom. The molecule has 0 unspecified atom stereocenters. The Bertz CT molecular complexity index is 174. The number of aryl methyl sites for hydroxylation is 1. The van der Waals surface area contributed by atoms with Gasteiger partial charge >= 0.3 is 0 Å². The van der Waals surface area contributed by atoms with Crippen LogP contribution in [0.5, 0.6) is 0 Å². The zero-order valence-electron chi connectivity index (χ0n) is 4.50. The van der Waals surface area contributed by atoms with Crippen LogP contribution < -0.4 is 5.73 Å². The molecule has 0 aliphatic heterocycles.